The molecule has 154 valence electrons. The Morgan fingerprint density at radius 3 is 2.48 bits per heavy atom. The Morgan fingerprint density at radius 1 is 1.14 bits per heavy atom. The lowest BCUT2D eigenvalue weighted by molar-refractivity contribution is -0.151. The van der Waals surface area contributed by atoms with E-state index in [1.165, 1.54) is 6.33 Å². The van der Waals surface area contributed by atoms with Gasteiger partial charge in [-0.3, -0.25) is 4.79 Å². The number of aromatic nitrogens is 3. The van der Waals surface area contributed by atoms with Crippen LogP contribution in [0.1, 0.15) is 39.2 Å². The summed E-state index contributed by atoms with van der Waals surface area (Å²) in [4.78, 5) is 23.5. The Hall–Kier alpha value is -2.74. The highest BCUT2D eigenvalue weighted by Crippen LogP contribution is 2.27. The molecule has 0 fully saturated rings. The summed E-state index contributed by atoms with van der Waals surface area (Å²) >= 11 is 0. The van der Waals surface area contributed by atoms with E-state index in [0.717, 1.165) is 27.9 Å². The number of hydrogen-bond donors (Lipinski definition) is 1. The predicted molar refractivity (Wildman–Crippen MR) is 112 cm³/mol. The first-order valence-corrected chi connectivity index (χ1v) is 11.2. The van der Waals surface area contributed by atoms with Gasteiger partial charge >= 0.3 is 5.97 Å². The first-order chi connectivity index (χ1) is 13.5. The third-order valence-corrected chi connectivity index (χ3v) is 6.05. The second kappa shape index (κ2) is 7.94. The van der Waals surface area contributed by atoms with E-state index >= 15 is 0 Å². The minimum absolute atomic E-state index is 0.124. The molecule has 1 aromatic carbocycles. The van der Waals surface area contributed by atoms with Gasteiger partial charge in [0.05, 0.1) is 11.4 Å². The van der Waals surface area contributed by atoms with Crippen molar-refractivity contribution in [1.82, 2.24) is 15.0 Å². The van der Waals surface area contributed by atoms with Gasteiger partial charge in [0.15, 0.2) is 9.84 Å². The highest BCUT2D eigenvalue weighted by molar-refractivity contribution is 7.92. The summed E-state index contributed by atoms with van der Waals surface area (Å²) in [5.41, 5.74) is 2.67. The van der Waals surface area contributed by atoms with Crippen molar-refractivity contribution in [2.75, 3.05) is 11.5 Å². The number of hydrogen-bond acceptors (Lipinski definition) is 6. The number of H-pyrrole nitrogens is 1. The summed E-state index contributed by atoms with van der Waals surface area (Å²) in [6.45, 7) is 6.96. The van der Waals surface area contributed by atoms with Gasteiger partial charge in [0.2, 0.25) is 0 Å². The number of aromatic amines is 1. The molecule has 0 saturated heterocycles. The molecule has 1 unspecified atom stereocenters. The van der Waals surface area contributed by atoms with E-state index in [1.54, 1.807) is 20.8 Å². The number of nitrogens with zero attached hydrogens (tertiary/aromatic N) is 2. The molecule has 1 atom stereocenters. The van der Waals surface area contributed by atoms with E-state index in [4.69, 9.17) is 4.74 Å². The lowest BCUT2D eigenvalue weighted by Gasteiger charge is -2.20. The number of ether oxygens (including phenoxy) is 1. The lowest BCUT2D eigenvalue weighted by Crippen LogP contribution is -2.30. The smallest absolute Gasteiger partial charge is 0.321 e. The number of carbonyl (C=O) groups is 1. The molecule has 3 aromatic rings. The maximum absolute atomic E-state index is 12.4. The zero-order valence-electron chi connectivity index (χ0n) is 17.0. The quantitative estimate of drug-likeness (QED) is 0.619. The van der Waals surface area contributed by atoms with Gasteiger partial charge in [-0.05, 0) is 38.3 Å². The van der Waals surface area contributed by atoms with Crippen LogP contribution in [0, 0.1) is 0 Å². The standard InChI is InChI=1S/C21H25N3O4S/c1-14(11-29(26,27)12-18(25)28-21(2,3)4)15-5-7-16(8-6-15)19-17-9-10-22-20(17)24-13-23-19/h5-10,13-14H,11-12H2,1-4H3,(H,22,23,24). The van der Waals surface area contributed by atoms with Crippen LogP contribution in [0.3, 0.4) is 0 Å². The van der Waals surface area contributed by atoms with Crippen molar-refractivity contribution in [3.8, 4) is 11.3 Å². The van der Waals surface area contributed by atoms with Gasteiger partial charge in [-0.2, -0.15) is 0 Å². The highest BCUT2D eigenvalue weighted by Gasteiger charge is 2.25. The van der Waals surface area contributed by atoms with Gasteiger partial charge in [0, 0.05) is 17.1 Å². The van der Waals surface area contributed by atoms with E-state index in [0.29, 0.717) is 0 Å². The molecule has 29 heavy (non-hydrogen) atoms. The maximum atomic E-state index is 12.4. The van der Waals surface area contributed by atoms with Crippen LogP contribution in [-0.2, 0) is 19.4 Å². The SMILES string of the molecule is CC(CS(=O)(=O)CC(=O)OC(C)(C)C)c1ccc(-c2ncnc3[nH]ccc23)cc1. The average molecular weight is 416 g/mol. The van der Waals surface area contributed by atoms with Crippen LogP contribution in [0.4, 0.5) is 0 Å². The first kappa shape index (κ1) is 21.0. The molecular weight excluding hydrogens is 390 g/mol. The minimum Gasteiger partial charge on any atom is -0.459 e. The Morgan fingerprint density at radius 2 is 1.83 bits per heavy atom. The van der Waals surface area contributed by atoms with Crippen molar-refractivity contribution in [1.29, 1.82) is 0 Å². The van der Waals surface area contributed by atoms with Gasteiger partial charge in [-0.25, -0.2) is 18.4 Å². The molecule has 0 bridgehead atoms. The van der Waals surface area contributed by atoms with Gasteiger partial charge < -0.3 is 9.72 Å². The summed E-state index contributed by atoms with van der Waals surface area (Å²) in [5.74, 6) is -1.71. The van der Waals surface area contributed by atoms with Gasteiger partial charge in [0.25, 0.3) is 0 Å². The van der Waals surface area contributed by atoms with Crippen molar-refractivity contribution in [2.45, 2.75) is 39.2 Å². The van der Waals surface area contributed by atoms with Crippen LogP contribution in [0.5, 0.6) is 0 Å². The maximum Gasteiger partial charge on any atom is 0.321 e. The highest BCUT2D eigenvalue weighted by atomic mass is 32.2. The van der Waals surface area contributed by atoms with Gasteiger partial charge in [0.1, 0.15) is 23.3 Å². The molecule has 1 N–H and O–H groups in total. The number of benzene rings is 1. The van der Waals surface area contributed by atoms with Crippen LogP contribution in [0.25, 0.3) is 22.3 Å². The predicted octanol–water partition coefficient (Wildman–Crippen LogP) is 3.48. The Labute approximate surface area is 170 Å². The molecule has 3 rings (SSSR count). The topological polar surface area (TPSA) is 102 Å². The zero-order valence-corrected chi connectivity index (χ0v) is 17.8. The van der Waals surface area contributed by atoms with Crippen LogP contribution >= 0.6 is 0 Å². The summed E-state index contributed by atoms with van der Waals surface area (Å²) < 4.78 is 29.9. The second-order valence-electron chi connectivity index (χ2n) is 8.13. The molecule has 0 saturated carbocycles. The second-order valence-corrected chi connectivity index (χ2v) is 10.2. The van der Waals surface area contributed by atoms with E-state index in [2.05, 4.69) is 15.0 Å². The van der Waals surface area contributed by atoms with Gasteiger partial charge in [-0.1, -0.05) is 31.2 Å². The van der Waals surface area contributed by atoms with Crippen LogP contribution in [0.2, 0.25) is 0 Å². The Balaban J connectivity index is 1.71. The number of esters is 1. The van der Waals surface area contributed by atoms with Crippen molar-refractivity contribution in [3.63, 3.8) is 0 Å². The number of rotatable bonds is 6. The fourth-order valence-corrected chi connectivity index (χ4v) is 4.65. The summed E-state index contributed by atoms with van der Waals surface area (Å²) in [6.07, 6.45) is 3.32. The Kier molecular flexibility index (Phi) is 5.75. The molecule has 2 aromatic heterocycles. The summed E-state index contributed by atoms with van der Waals surface area (Å²) in [5, 5.41) is 0.924. The van der Waals surface area contributed by atoms with Crippen molar-refractivity contribution in [3.05, 3.63) is 48.4 Å². The Bertz CT molecular complexity index is 1110. The van der Waals surface area contributed by atoms with Crippen LogP contribution in [-0.4, -0.2) is 46.4 Å². The van der Waals surface area contributed by atoms with Crippen molar-refractivity contribution >= 4 is 26.8 Å². The molecule has 0 radical (unpaired) electrons. The van der Waals surface area contributed by atoms with E-state index in [1.807, 2.05) is 43.5 Å². The third kappa shape index (κ3) is 5.41. The van der Waals surface area contributed by atoms with Crippen molar-refractivity contribution in [2.24, 2.45) is 0 Å². The molecule has 0 amide bonds. The minimum atomic E-state index is -3.58. The fraction of sp³-hybridized carbons (Fsp3) is 0.381. The third-order valence-electron chi connectivity index (χ3n) is 4.37. The molecular formula is C21H25N3O4S. The molecule has 0 aliphatic rings. The number of nitrogens with one attached hydrogen (secondary N) is 1. The van der Waals surface area contributed by atoms with E-state index in [9.17, 15) is 13.2 Å². The van der Waals surface area contributed by atoms with Crippen LogP contribution in [0.15, 0.2) is 42.9 Å². The molecule has 7 nitrogen and oxygen atoms in total. The monoisotopic (exact) mass is 415 g/mol. The van der Waals surface area contributed by atoms with Crippen LogP contribution < -0.4 is 0 Å². The van der Waals surface area contributed by atoms with E-state index < -0.39 is 27.2 Å². The summed E-state index contributed by atoms with van der Waals surface area (Å²) in [7, 11) is -3.58. The number of sulfone groups is 1. The normalized spacial score (nSPS) is 13.4. The van der Waals surface area contributed by atoms with Gasteiger partial charge in [-0.15, -0.1) is 0 Å². The number of carbonyl (C=O) groups excluding carboxylic acids is 1. The molecule has 0 aliphatic heterocycles. The number of fused-ring (bicyclic) bond motifs is 1. The lowest BCUT2D eigenvalue weighted by atomic mass is 10.00. The average Bonchev–Trinajstić information content (AvgIpc) is 3.07. The fourth-order valence-electron chi connectivity index (χ4n) is 3.16. The largest absolute Gasteiger partial charge is 0.459 e. The molecule has 0 spiro atoms. The first-order valence-electron chi connectivity index (χ1n) is 9.35. The van der Waals surface area contributed by atoms with Crippen molar-refractivity contribution < 1.29 is 17.9 Å². The molecule has 0 aliphatic carbocycles. The van der Waals surface area contributed by atoms with E-state index in [-0.39, 0.29) is 11.7 Å². The zero-order chi connectivity index (χ0) is 21.2. The molecule has 8 heteroatoms. The molecule has 2 heterocycles. The summed E-state index contributed by atoms with van der Waals surface area (Å²) in [6, 6.07) is 9.54.